The van der Waals surface area contributed by atoms with Crippen LogP contribution in [0.15, 0.2) is 48.5 Å². The first kappa shape index (κ1) is 27.4. The Labute approximate surface area is 236 Å². The van der Waals surface area contributed by atoms with Crippen molar-refractivity contribution in [3.8, 4) is 5.75 Å². The predicted octanol–water partition coefficient (Wildman–Crippen LogP) is 6.90. The van der Waals surface area contributed by atoms with Crippen LogP contribution in [0.1, 0.15) is 21.5 Å². The molecule has 37 heavy (non-hydrogen) atoms. The molecular weight excluding hydrogens is 556 g/mol. The first-order valence-corrected chi connectivity index (χ1v) is 13.1. The summed E-state index contributed by atoms with van der Waals surface area (Å²) in [6, 6.07) is 14.6. The molecule has 6 nitrogen and oxygen atoms in total. The average Bonchev–Trinajstić information content (AvgIpc) is 2.91. The van der Waals surface area contributed by atoms with Crippen molar-refractivity contribution in [1.29, 1.82) is 0 Å². The molecule has 0 atom stereocenters. The molecule has 0 bridgehead atoms. The van der Waals surface area contributed by atoms with Gasteiger partial charge in [-0.2, -0.15) is 0 Å². The Morgan fingerprint density at radius 2 is 1.49 bits per heavy atom. The van der Waals surface area contributed by atoms with Gasteiger partial charge < -0.3 is 19.9 Å². The third-order valence-corrected chi connectivity index (χ3v) is 8.00. The summed E-state index contributed by atoms with van der Waals surface area (Å²) in [5.41, 5.74) is 3.32. The van der Waals surface area contributed by atoms with Crippen LogP contribution in [0, 0.1) is 13.8 Å². The molecule has 1 aliphatic heterocycles. The molecule has 1 saturated heterocycles. The summed E-state index contributed by atoms with van der Waals surface area (Å²) >= 11 is 25.4. The normalized spacial score (nSPS) is 13.5. The molecule has 0 unspecified atom stereocenters. The second-order valence-corrected chi connectivity index (χ2v) is 10.2. The Kier molecular flexibility index (Phi) is 8.75. The van der Waals surface area contributed by atoms with Crippen LogP contribution in [0.3, 0.4) is 0 Å². The number of nitrogens with one attached hydrogen (secondary N) is 1. The molecule has 1 fully saturated rings. The number of benzene rings is 3. The minimum Gasteiger partial charge on any atom is -0.481 e. The Morgan fingerprint density at radius 3 is 2.08 bits per heavy atom. The molecule has 2 amide bonds. The summed E-state index contributed by atoms with van der Waals surface area (Å²) in [6.45, 7) is 5.70. The lowest BCUT2D eigenvalue weighted by Gasteiger charge is -2.36. The number of halogens is 4. The maximum Gasteiger partial charge on any atom is 0.262 e. The minimum atomic E-state index is -0.394. The van der Waals surface area contributed by atoms with E-state index in [1.165, 1.54) is 0 Å². The molecule has 1 aliphatic rings. The van der Waals surface area contributed by atoms with Gasteiger partial charge in [0.05, 0.1) is 20.8 Å². The zero-order valence-electron chi connectivity index (χ0n) is 20.3. The van der Waals surface area contributed by atoms with Gasteiger partial charge in [0.2, 0.25) is 0 Å². The van der Waals surface area contributed by atoms with Gasteiger partial charge >= 0.3 is 0 Å². The SMILES string of the molecule is Cc1c(Cl)c(C)c(Cl)c(OCC(=O)Nc2ccc(N3CCN(C(=O)c4ccccc4)CC3)c(Cl)c2)c1Cl. The summed E-state index contributed by atoms with van der Waals surface area (Å²) in [6.07, 6.45) is 0. The fourth-order valence-electron chi connectivity index (χ4n) is 4.13. The van der Waals surface area contributed by atoms with E-state index in [-0.39, 0.29) is 28.3 Å². The van der Waals surface area contributed by atoms with Gasteiger partial charge in [-0.05, 0) is 55.3 Å². The van der Waals surface area contributed by atoms with E-state index >= 15 is 0 Å². The minimum absolute atomic E-state index is 0.0260. The van der Waals surface area contributed by atoms with Crippen LogP contribution in [-0.2, 0) is 4.79 Å². The number of rotatable bonds is 6. The van der Waals surface area contributed by atoms with Crippen LogP contribution in [0.25, 0.3) is 0 Å². The molecule has 10 heteroatoms. The second-order valence-electron chi connectivity index (χ2n) is 8.67. The number of anilines is 2. The number of amides is 2. The highest BCUT2D eigenvalue weighted by atomic mass is 35.5. The van der Waals surface area contributed by atoms with Gasteiger partial charge in [-0.15, -0.1) is 0 Å². The second kappa shape index (κ2) is 11.8. The summed E-state index contributed by atoms with van der Waals surface area (Å²) < 4.78 is 5.62. The molecule has 194 valence electrons. The van der Waals surface area contributed by atoms with Crippen LogP contribution >= 0.6 is 46.4 Å². The maximum atomic E-state index is 12.7. The van der Waals surface area contributed by atoms with Crippen molar-refractivity contribution in [3.05, 3.63) is 85.3 Å². The first-order valence-electron chi connectivity index (χ1n) is 11.6. The summed E-state index contributed by atoms with van der Waals surface area (Å²) in [4.78, 5) is 29.2. The molecule has 1 heterocycles. The molecule has 3 aromatic rings. The van der Waals surface area contributed by atoms with Crippen molar-refractivity contribution < 1.29 is 14.3 Å². The van der Waals surface area contributed by atoms with Crippen LogP contribution in [-0.4, -0.2) is 49.5 Å². The quantitative estimate of drug-likeness (QED) is 0.344. The van der Waals surface area contributed by atoms with Crippen molar-refractivity contribution in [2.45, 2.75) is 13.8 Å². The predicted molar refractivity (Wildman–Crippen MR) is 151 cm³/mol. The van der Waals surface area contributed by atoms with E-state index < -0.39 is 5.91 Å². The lowest BCUT2D eigenvalue weighted by Crippen LogP contribution is -2.48. The largest absolute Gasteiger partial charge is 0.481 e. The number of hydrogen-bond donors (Lipinski definition) is 1. The third kappa shape index (κ3) is 6.10. The van der Waals surface area contributed by atoms with E-state index in [0.717, 1.165) is 5.69 Å². The van der Waals surface area contributed by atoms with Crippen molar-refractivity contribution >= 4 is 69.6 Å². The zero-order chi connectivity index (χ0) is 26.7. The molecule has 3 aromatic carbocycles. The standard InChI is InChI=1S/C27H25Cl4N3O3/c1-16-23(29)17(2)25(31)26(24(16)30)37-15-22(35)32-19-8-9-21(20(28)14-19)33-10-12-34(13-11-33)27(36)18-6-4-3-5-7-18/h3-9,14H,10-13,15H2,1-2H3,(H,32,35). The molecule has 0 saturated carbocycles. The topological polar surface area (TPSA) is 61.9 Å². The van der Waals surface area contributed by atoms with Gasteiger partial charge in [-0.25, -0.2) is 0 Å². The molecule has 1 N–H and O–H groups in total. The number of ether oxygens (including phenoxy) is 1. The number of hydrogen-bond acceptors (Lipinski definition) is 4. The summed E-state index contributed by atoms with van der Waals surface area (Å²) in [5.74, 6) is -0.150. The molecule has 0 aliphatic carbocycles. The molecule has 4 rings (SSSR count). The number of carbonyl (C=O) groups excluding carboxylic acids is 2. The highest BCUT2D eigenvalue weighted by molar-refractivity contribution is 6.42. The molecule has 0 spiro atoms. The van der Waals surface area contributed by atoms with Gasteiger partial charge in [0, 0.05) is 42.5 Å². The molecular formula is C27H25Cl4N3O3. The van der Waals surface area contributed by atoms with Gasteiger partial charge in [0.1, 0.15) is 0 Å². The van der Waals surface area contributed by atoms with Crippen LogP contribution < -0.4 is 15.0 Å². The number of piperazine rings is 1. The molecule has 0 aromatic heterocycles. The van der Waals surface area contributed by atoms with E-state index in [0.29, 0.717) is 58.6 Å². The lowest BCUT2D eigenvalue weighted by molar-refractivity contribution is -0.118. The highest BCUT2D eigenvalue weighted by Gasteiger charge is 2.24. The van der Waals surface area contributed by atoms with E-state index in [1.54, 1.807) is 26.0 Å². The number of nitrogens with zero attached hydrogens (tertiary/aromatic N) is 2. The van der Waals surface area contributed by atoms with Crippen molar-refractivity contribution in [2.24, 2.45) is 0 Å². The first-order chi connectivity index (χ1) is 17.7. The Hall–Kier alpha value is -2.64. The van der Waals surface area contributed by atoms with Crippen LogP contribution in [0.5, 0.6) is 5.75 Å². The summed E-state index contributed by atoms with van der Waals surface area (Å²) in [5, 5.41) is 4.27. The smallest absolute Gasteiger partial charge is 0.262 e. The fraction of sp³-hybridized carbons (Fsp3) is 0.259. The van der Waals surface area contributed by atoms with E-state index in [1.807, 2.05) is 41.3 Å². The maximum absolute atomic E-state index is 12.7. The third-order valence-electron chi connectivity index (χ3n) is 6.22. The van der Waals surface area contributed by atoms with Gasteiger partial charge in [0.15, 0.2) is 12.4 Å². The Morgan fingerprint density at radius 1 is 0.865 bits per heavy atom. The summed E-state index contributed by atoms with van der Waals surface area (Å²) in [7, 11) is 0. The van der Waals surface area contributed by atoms with E-state index in [2.05, 4.69) is 10.2 Å². The zero-order valence-corrected chi connectivity index (χ0v) is 23.3. The monoisotopic (exact) mass is 579 g/mol. The van der Waals surface area contributed by atoms with E-state index in [4.69, 9.17) is 51.1 Å². The Bertz CT molecular complexity index is 1300. The number of carbonyl (C=O) groups is 2. The van der Waals surface area contributed by atoms with E-state index in [9.17, 15) is 9.59 Å². The lowest BCUT2D eigenvalue weighted by atomic mass is 10.1. The van der Waals surface area contributed by atoms with Gasteiger partial charge in [-0.3, -0.25) is 9.59 Å². The van der Waals surface area contributed by atoms with Crippen molar-refractivity contribution in [2.75, 3.05) is 43.0 Å². The Balaban J connectivity index is 1.34. The average molecular weight is 581 g/mol. The van der Waals surface area contributed by atoms with Gasteiger partial charge in [-0.1, -0.05) is 64.6 Å². The van der Waals surface area contributed by atoms with Crippen molar-refractivity contribution in [3.63, 3.8) is 0 Å². The van der Waals surface area contributed by atoms with Crippen LogP contribution in [0.4, 0.5) is 11.4 Å². The van der Waals surface area contributed by atoms with Crippen LogP contribution in [0.2, 0.25) is 20.1 Å². The van der Waals surface area contributed by atoms with Gasteiger partial charge in [0.25, 0.3) is 11.8 Å². The molecule has 0 radical (unpaired) electrons. The van der Waals surface area contributed by atoms with Crippen molar-refractivity contribution in [1.82, 2.24) is 4.90 Å². The fourth-order valence-corrected chi connectivity index (χ4v) is 5.25. The highest BCUT2D eigenvalue weighted by Crippen LogP contribution is 2.42.